The van der Waals surface area contributed by atoms with E-state index in [1.807, 2.05) is 4.57 Å². The van der Waals surface area contributed by atoms with E-state index in [2.05, 4.69) is 15.2 Å². The number of aryl methyl sites for hydroxylation is 1. The van der Waals surface area contributed by atoms with Crippen LogP contribution in [0, 0.1) is 5.82 Å². The third kappa shape index (κ3) is 2.93. The summed E-state index contributed by atoms with van der Waals surface area (Å²) in [6, 6.07) is 6.17. The maximum absolute atomic E-state index is 13.3. The number of hydrogen-bond donors (Lipinski definition) is 1. The van der Waals surface area contributed by atoms with Crippen molar-refractivity contribution in [1.82, 2.24) is 24.0 Å². The fourth-order valence-electron chi connectivity index (χ4n) is 3.46. The molecule has 9 heteroatoms. The molecule has 1 aromatic carbocycles. The summed E-state index contributed by atoms with van der Waals surface area (Å²) in [5.74, 6) is 0.337. The van der Waals surface area contributed by atoms with Crippen molar-refractivity contribution >= 4 is 17.1 Å². The fraction of sp³-hybridized carbons (Fsp3) is 0.389. The van der Waals surface area contributed by atoms with Gasteiger partial charge in [-0.25, -0.2) is 9.18 Å². The molecule has 0 unspecified atom stereocenters. The highest BCUT2D eigenvalue weighted by molar-refractivity contribution is 5.74. The first kappa shape index (κ1) is 17.5. The average molecular weight is 372 g/mol. The van der Waals surface area contributed by atoms with Crippen molar-refractivity contribution in [3.63, 3.8) is 0 Å². The Morgan fingerprint density at radius 2 is 1.74 bits per heavy atom. The van der Waals surface area contributed by atoms with E-state index in [1.165, 1.54) is 23.7 Å². The van der Waals surface area contributed by atoms with Crippen LogP contribution in [0.3, 0.4) is 0 Å². The SMILES string of the molecule is Cn1c(=O)c2c(nc(N3CCNCC3)n2Cc2ccc(F)cc2)n(C)c1=O. The molecule has 3 aromatic rings. The quantitative estimate of drug-likeness (QED) is 0.702. The number of imidazole rings is 1. The highest BCUT2D eigenvalue weighted by atomic mass is 19.1. The third-order valence-electron chi connectivity index (χ3n) is 4.98. The number of rotatable bonds is 3. The van der Waals surface area contributed by atoms with Crippen LogP contribution in [0.5, 0.6) is 0 Å². The van der Waals surface area contributed by atoms with Crippen LogP contribution < -0.4 is 21.5 Å². The lowest BCUT2D eigenvalue weighted by Crippen LogP contribution is -2.44. The summed E-state index contributed by atoms with van der Waals surface area (Å²) in [7, 11) is 3.07. The fourth-order valence-corrected chi connectivity index (χ4v) is 3.46. The number of halogens is 1. The van der Waals surface area contributed by atoms with Crippen LogP contribution in [-0.4, -0.2) is 44.9 Å². The summed E-state index contributed by atoms with van der Waals surface area (Å²) in [6.45, 7) is 3.50. The van der Waals surface area contributed by atoms with Gasteiger partial charge >= 0.3 is 5.69 Å². The lowest BCUT2D eigenvalue weighted by molar-refractivity contribution is 0.571. The number of nitrogens with one attached hydrogen (secondary N) is 1. The maximum Gasteiger partial charge on any atom is 0.332 e. The maximum atomic E-state index is 13.3. The van der Waals surface area contributed by atoms with Crippen molar-refractivity contribution in [2.24, 2.45) is 14.1 Å². The molecule has 3 heterocycles. The predicted octanol–water partition coefficient (Wildman–Crippen LogP) is 0.0307. The molecule has 1 aliphatic heterocycles. The molecule has 142 valence electrons. The minimum absolute atomic E-state index is 0.310. The van der Waals surface area contributed by atoms with Crippen molar-refractivity contribution in [3.8, 4) is 0 Å². The molecule has 0 aliphatic carbocycles. The zero-order valence-electron chi connectivity index (χ0n) is 15.3. The Morgan fingerprint density at radius 3 is 2.41 bits per heavy atom. The molecule has 1 aliphatic rings. The first-order valence-corrected chi connectivity index (χ1v) is 8.83. The molecule has 0 radical (unpaired) electrons. The number of aromatic nitrogens is 4. The van der Waals surface area contributed by atoms with E-state index in [9.17, 15) is 14.0 Å². The highest BCUT2D eigenvalue weighted by Crippen LogP contribution is 2.22. The van der Waals surface area contributed by atoms with E-state index in [0.717, 1.165) is 36.3 Å². The van der Waals surface area contributed by atoms with E-state index in [0.29, 0.717) is 23.7 Å². The van der Waals surface area contributed by atoms with Crippen LogP contribution in [-0.2, 0) is 20.6 Å². The van der Waals surface area contributed by atoms with Crippen LogP contribution in [0.25, 0.3) is 11.2 Å². The van der Waals surface area contributed by atoms with Crippen LogP contribution in [0.4, 0.5) is 10.3 Å². The van der Waals surface area contributed by atoms with Crippen molar-refractivity contribution in [2.75, 3.05) is 31.1 Å². The largest absolute Gasteiger partial charge is 0.340 e. The van der Waals surface area contributed by atoms with Gasteiger partial charge in [-0.05, 0) is 17.7 Å². The molecular weight excluding hydrogens is 351 g/mol. The monoisotopic (exact) mass is 372 g/mol. The second-order valence-electron chi connectivity index (χ2n) is 6.74. The summed E-state index contributed by atoms with van der Waals surface area (Å²) in [5.41, 5.74) is 0.786. The van der Waals surface area contributed by atoms with Gasteiger partial charge in [0, 0.05) is 40.3 Å². The van der Waals surface area contributed by atoms with Gasteiger partial charge in [0.1, 0.15) is 5.82 Å². The highest BCUT2D eigenvalue weighted by Gasteiger charge is 2.23. The summed E-state index contributed by atoms with van der Waals surface area (Å²) in [4.78, 5) is 31.9. The Balaban J connectivity index is 1.95. The average Bonchev–Trinajstić information content (AvgIpc) is 3.06. The van der Waals surface area contributed by atoms with Crippen molar-refractivity contribution in [3.05, 3.63) is 56.5 Å². The molecule has 1 fully saturated rings. The molecule has 0 amide bonds. The Morgan fingerprint density at radius 1 is 1.07 bits per heavy atom. The van der Waals surface area contributed by atoms with E-state index in [4.69, 9.17) is 0 Å². The molecule has 0 atom stereocenters. The molecule has 2 aromatic heterocycles. The minimum Gasteiger partial charge on any atom is -0.340 e. The number of piperazine rings is 1. The third-order valence-corrected chi connectivity index (χ3v) is 4.98. The molecule has 0 saturated carbocycles. The topological polar surface area (TPSA) is 77.1 Å². The zero-order valence-corrected chi connectivity index (χ0v) is 15.3. The van der Waals surface area contributed by atoms with Gasteiger partial charge in [-0.1, -0.05) is 12.1 Å². The minimum atomic E-state index is -0.411. The van der Waals surface area contributed by atoms with Crippen LogP contribution in [0.15, 0.2) is 33.9 Å². The van der Waals surface area contributed by atoms with Crippen LogP contribution in [0.1, 0.15) is 5.56 Å². The Bertz CT molecular complexity index is 1110. The number of fused-ring (bicyclic) bond motifs is 1. The number of anilines is 1. The standard InChI is InChI=1S/C18H21FN6O2/c1-22-15-14(16(26)23(2)18(22)27)25(11-12-3-5-13(19)6-4-12)17(21-15)24-9-7-20-8-10-24/h3-6,20H,7-11H2,1-2H3. The van der Waals surface area contributed by atoms with Crippen LogP contribution in [0.2, 0.25) is 0 Å². The summed E-state index contributed by atoms with van der Waals surface area (Å²) in [5, 5.41) is 3.29. The smallest absolute Gasteiger partial charge is 0.332 e. The van der Waals surface area contributed by atoms with Crippen molar-refractivity contribution in [1.29, 1.82) is 0 Å². The van der Waals surface area contributed by atoms with Gasteiger partial charge in [0.25, 0.3) is 5.56 Å². The summed E-state index contributed by atoms with van der Waals surface area (Å²) < 4.78 is 17.6. The lowest BCUT2D eigenvalue weighted by Gasteiger charge is -2.28. The van der Waals surface area contributed by atoms with Gasteiger partial charge in [-0.3, -0.25) is 18.5 Å². The Hall–Kier alpha value is -2.94. The second-order valence-corrected chi connectivity index (χ2v) is 6.74. The van der Waals surface area contributed by atoms with Gasteiger partial charge in [0.2, 0.25) is 5.95 Å². The van der Waals surface area contributed by atoms with Crippen molar-refractivity contribution < 1.29 is 4.39 Å². The van der Waals surface area contributed by atoms with E-state index in [-0.39, 0.29) is 11.4 Å². The van der Waals surface area contributed by atoms with Gasteiger partial charge < -0.3 is 10.2 Å². The van der Waals surface area contributed by atoms with Gasteiger partial charge in [-0.15, -0.1) is 0 Å². The molecule has 1 N–H and O–H groups in total. The summed E-state index contributed by atoms with van der Waals surface area (Å²) in [6.07, 6.45) is 0. The molecule has 27 heavy (non-hydrogen) atoms. The number of hydrogen-bond acceptors (Lipinski definition) is 5. The normalized spacial score (nSPS) is 14.9. The van der Waals surface area contributed by atoms with Crippen molar-refractivity contribution in [2.45, 2.75) is 6.54 Å². The number of benzene rings is 1. The Labute approximate surface area is 154 Å². The van der Waals surface area contributed by atoms with Gasteiger partial charge in [0.05, 0.1) is 6.54 Å². The summed E-state index contributed by atoms with van der Waals surface area (Å²) >= 11 is 0. The Kier molecular flexibility index (Phi) is 4.31. The first-order valence-electron chi connectivity index (χ1n) is 8.83. The van der Waals surface area contributed by atoms with Crippen LogP contribution >= 0.6 is 0 Å². The second kappa shape index (κ2) is 6.66. The molecular formula is C18H21FN6O2. The molecule has 1 saturated heterocycles. The lowest BCUT2D eigenvalue weighted by atomic mass is 10.2. The zero-order chi connectivity index (χ0) is 19.1. The predicted molar refractivity (Wildman–Crippen MR) is 101 cm³/mol. The van der Waals surface area contributed by atoms with E-state index < -0.39 is 5.69 Å². The number of nitrogens with zero attached hydrogens (tertiary/aromatic N) is 5. The van der Waals surface area contributed by atoms with E-state index in [1.54, 1.807) is 19.2 Å². The van der Waals surface area contributed by atoms with Gasteiger partial charge in [0.15, 0.2) is 11.2 Å². The molecule has 0 bridgehead atoms. The van der Waals surface area contributed by atoms with E-state index >= 15 is 0 Å². The van der Waals surface area contributed by atoms with Gasteiger partial charge in [-0.2, -0.15) is 4.98 Å². The first-order chi connectivity index (χ1) is 13.0. The molecule has 4 rings (SSSR count). The molecule has 0 spiro atoms. The molecule has 8 nitrogen and oxygen atoms in total.